The predicted molar refractivity (Wildman–Crippen MR) is 58.7 cm³/mol. The molecule has 0 aliphatic carbocycles. The summed E-state index contributed by atoms with van der Waals surface area (Å²) in [6.07, 6.45) is -1.09. The second-order valence-electron chi connectivity index (χ2n) is 3.08. The molecule has 0 N–H and O–H groups in total. The van der Waals surface area contributed by atoms with E-state index in [1.54, 1.807) is 19.1 Å². The monoisotopic (exact) mass is 265 g/mol. The van der Waals surface area contributed by atoms with Gasteiger partial charge >= 0.3 is 29.6 Å². The van der Waals surface area contributed by atoms with Gasteiger partial charge in [-0.2, -0.15) is 0 Å². The Morgan fingerprint density at radius 2 is 1.82 bits per heavy atom. The molecule has 5 nitrogen and oxygen atoms in total. The van der Waals surface area contributed by atoms with E-state index in [9.17, 15) is 13.2 Å². The van der Waals surface area contributed by atoms with Crippen LogP contribution in [0, 0.1) is 6.92 Å². The van der Waals surface area contributed by atoms with Gasteiger partial charge in [0.25, 0.3) is 0 Å². The summed E-state index contributed by atoms with van der Waals surface area (Å²) in [5, 5.41) is 0. The number of hydrogen-bond acceptors (Lipinski definition) is 4. The zero-order valence-corrected chi connectivity index (χ0v) is 12.8. The average molecular weight is 265 g/mol. The van der Waals surface area contributed by atoms with E-state index in [-0.39, 0.29) is 41.1 Å². The Kier molecular flexibility index (Phi) is 6.77. The Balaban J connectivity index is 0.00000256. The van der Waals surface area contributed by atoms with Crippen molar-refractivity contribution < 1.29 is 47.5 Å². The van der Waals surface area contributed by atoms with Gasteiger partial charge < -0.3 is 9.46 Å². The second kappa shape index (κ2) is 7.00. The van der Waals surface area contributed by atoms with Gasteiger partial charge in [-0.15, -0.1) is 0 Å². The molecule has 0 bridgehead atoms. The molecule has 1 amide bonds. The molecule has 0 aromatic heterocycles. The van der Waals surface area contributed by atoms with Crippen molar-refractivity contribution in [3.63, 3.8) is 0 Å². The van der Waals surface area contributed by atoms with E-state index in [1.165, 1.54) is 12.1 Å². The van der Waals surface area contributed by atoms with Crippen LogP contribution in [0.5, 0.6) is 0 Å². The SMILES string of the molecule is CCOC(=O)[N-]S(=O)(=O)c1ccc(C)cc1.[Na+]. The molecule has 0 fully saturated rings. The summed E-state index contributed by atoms with van der Waals surface area (Å²) in [6.45, 7) is 3.50. The number of ether oxygens (including phenoxy) is 1. The number of aryl methyl sites for hydroxylation is 1. The Bertz CT molecular complexity index is 470. The predicted octanol–water partition coefficient (Wildman–Crippen LogP) is -0.782. The van der Waals surface area contributed by atoms with Gasteiger partial charge in [0.15, 0.2) is 0 Å². The van der Waals surface area contributed by atoms with E-state index in [4.69, 9.17) is 0 Å². The van der Waals surface area contributed by atoms with Crippen LogP contribution in [0.15, 0.2) is 29.2 Å². The number of carbonyl (C=O) groups excluding carboxylic acids is 1. The van der Waals surface area contributed by atoms with Crippen molar-refractivity contribution >= 4 is 16.1 Å². The van der Waals surface area contributed by atoms with Gasteiger partial charge in [-0.1, -0.05) is 17.7 Å². The van der Waals surface area contributed by atoms with Crippen LogP contribution in [0.2, 0.25) is 0 Å². The van der Waals surface area contributed by atoms with Crippen molar-refractivity contribution in [2.75, 3.05) is 6.61 Å². The molecule has 88 valence electrons. The summed E-state index contributed by atoms with van der Waals surface area (Å²) in [4.78, 5) is 10.9. The minimum absolute atomic E-state index is 0. The molecule has 0 aliphatic heterocycles. The molecule has 1 rings (SSSR count). The number of nitrogens with zero attached hydrogens (tertiary/aromatic N) is 1. The van der Waals surface area contributed by atoms with Gasteiger partial charge in [-0.05, 0) is 26.0 Å². The minimum atomic E-state index is -3.95. The van der Waals surface area contributed by atoms with E-state index < -0.39 is 16.1 Å². The van der Waals surface area contributed by atoms with E-state index in [0.717, 1.165) is 5.56 Å². The van der Waals surface area contributed by atoms with E-state index in [2.05, 4.69) is 9.46 Å². The molecule has 1 aromatic rings. The van der Waals surface area contributed by atoms with Gasteiger partial charge in [-0.3, -0.25) is 4.79 Å². The normalized spacial score (nSPS) is 10.2. The van der Waals surface area contributed by atoms with Crippen molar-refractivity contribution in [3.05, 3.63) is 34.6 Å². The smallest absolute Gasteiger partial charge is 0.506 e. The number of sulfonamides is 1. The molecule has 0 aliphatic rings. The molecule has 0 radical (unpaired) electrons. The van der Waals surface area contributed by atoms with Gasteiger partial charge in [0.05, 0.1) is 11.5 Å². The first kappa shape index (κ1) is 16.4. The molecule has 17 heavy (non-hydrogen) atoms. The van der Waals surface area contributed by atoms with Gasteiger partial charge in [0.1, 0.15) is 10.0 Å². The maximum atomic E-state index is 11.6. The van der Waals surface area contributed by atoms with E-state index in [0.29, 0.717) is 0 Å². The molecule has 1 aromatic carbocycles. The van der Waals surface area contributed by atoms with Crippen molar-refractivity contribution in [1.29, 1.82) is 0 Å². The number of rotatable bonds is 3. The first-order valence-corrected chi connectivity index (χ1v) is 6.11. The van der Waals surface area contributed by atoms with Crippen LogP contribution in [0.4, 0.5) is 4.79 Å². The maximum Gasteiger partial charge on any atom is 1.00 e. The standard InChI is InChI=1S/C10H13NO4S.Na/c1-3-15-10(12)11-16(13,14)9-6-4-8(2)5-7-9;/h4-7H,3H2,1-2H3,(H,11,12);/q;+1/p-1. The topological polar surface area (TPSA) is 74.5 Å². The Labute approximate surface area is 123 Å². The van der Waals surface area contributed by atoms with Crippen LogP contribution >= 0.6 is 0 Å². The quantitative estimate of drug-likeness (QED) is 0.672. The molecule has 7 heteroatoms. The first-order chi connectivity index (χ1) is 7.45. The van der Waals surface area contributed by atoms with Crippen molar-refractivity contribution in [2.24, 2.45) is 0 Å². The van der Waals surface area contributed by atoms with Crippen LogP contribution in [0.25, 0.3) is 4.72 Å². The van der Waals surface area contributed by atoms with Crippen molar-refractivity contribution in [1.82, 2.24) is 0 Å². The van der Waals surface area contributed by atoms with Crippen molar-refractivity contribution in [2.45, 2.75) is 18.7 Å². The van der Waals surface area contributed by atoms with Crippen LogP contribution in [-0.4, -0.2) is 21.1 Å². The third-order valence-electron chi connectivity index (χ3n) is 1.78. The third kappa shape index (κ3) is 5.08. The Morgan fingerprint density at radius 3 is 2.29 bits per heavy atom. The Hall–Kier alpha value is -0.560. The number of carbonyl (C=O) groups is 1. The fraction of sp³-hybridized carbons (Fsp3) is 0.300. The fourth-order valence-electron chi connectivity index (χ4n) is 1.01. The molecule has 0 saturated carbocycles. The summed E-state index contributed by atoms with van der Waals surface area (Å²) in [5.74, 6) is 0. The summed E-state index contributed by atoms with van der Waals surface area (Å²) in [5.41, 5.74) is 0.926. The Morgan fingerprint density at radius 1 is 1.29 bits per heavy atom. The van der Waals surface area contributed by atoms with Crippen LogP contribution < -0.4 is 29.6 Å². The molecule has 0 heterocycles. The molecular formula is C10H12NNaO4S. The summed E-state index contributed by atoms with van der Waals surface area (Å²) in [7, 11) is -3.95. The van der Waals surface area contributed by atoms with Crippen LogP contribution in [0.1, 0.15) is 12.5 Å². The van der Waals surface area contributed by atoms with E-state index >= 15 is 0 Å². The number of benzene rings is 1. The molecule has 0 unspecified atom stereocenters. The molecule has 0 atom stereocenters. The number of hydrogen-bond donors (Lipinski definition) is 0. The molecule has 0 saturated heterocycles. The third-order valence-corrected chi connectivity index (χ3v) is 3.04. The number of amides is 1. The maximum absolute atomic E-state index is 11.6. The minimum Gasteiger partial charge on any atom is -0.506 e. The summed E-state index contributed by atoms with van der Waals surface area (Å²) >= 11 is 0. The average Bonchev–Trinajstić information content (AvgIpc) is 2.17. The van der Waals surface area contributed by atoms with Crippen molar-refractivity contribution in [3.8, 4) is 0 Å². The largest absolute Gasteiger partial charge is 1.00 e. The van der Waals surface area contributed by atoms with Gasteiger partial charge in [-0.25, -0.2) is 8.42 Å². The summed E-state index contributed by atoms with van der Waals surface area (Å²) in [6, 6.07) is 6.06. The van der Waals surface area contributed by atoms with E-state index in [1.807, 2.05) is 6.92 Å². The van der Waals surface area contributed by atoms with Crippen LogP contribution in [-0.2, 0) is 14.8 Å². The zero-order chi connectivity index (χ0) is 12.2. The molecule has 0 spiro atoms. The summed E-state index contributed by atoms with van der Waals surface area (Å²) < 4.78 is 30.6. The zero-order valence-electron chi connectivity index (χ0n) is 10.0. The van der Waals surface area contributed by atoms with Crippen LogP contribution in [0.3, 0.4) is 0 Å². The first-order valence-electron chi connectivity index (χ1n) is 4.67. The molecular weight excluding hydrogens is 253 g/mol. The fourth-order valence-corrected chi connectivity index (χ4v) is 1.85. The second-order valence-corrected chi connectivity index (χ2v) is 4.68. The van der Waals surface area contributed by atoms with Gasteiger partial charge in [0, 0.05) is 0 Å². The van der Waals surface area contributed by atoms with Gasteiger partial charge in [0.2, 0.25) is 6.09 Å².